The van der Waals surface area contributed by atoms with Crippen LogP contribution in [-0.2, 0) is 10.3 Å². The summed E-state index contributed by atoms with van der Waals surface area (Å²) in [5.41, 5.74) is 5.42. The zero-order chi connectivity index (χ0) is 14.4. The van der Waals surface area contributed by atoms with E-state index in [2.05, 4.69) is 15.8 Å². The molecule has 0 bridgehead atoms. The Balaban J connectivity index is 1.72. The molecule has 4 nitrogen and oxygen atoms in total. The van der Waals surface area contributed by atoms with Crippen LogP contribution in [0.1, 0.15) is 17.5 Å². The lowest BCUT2D eigenvalue weighted by atomic mass is 9.86. The van der Waals surface area contributed by atoms with Crippen LogP contribution in [-0.4, -0.2) is 11.6 Å². The predicted octanol–water partition coefficient (Wildman–Crippen LogP) is 2.37. The predicted molar refractivity (Wildman–Crippen MR) is 77.4 cm³/mol. The van der Waals surface area contributed by atoms with E-state index in [1.807, 2.05) is 24.3 Å². The number of benzene rings is 2. The minimum absolute atomic E-state index is 0.107. The lowest BCUT2D eigenvalue weighted by molar-refractivity contribution is -0.121. The lowest BCUT2D eigenvalue weighted by Crippen LogP contribution is -2.42. The highest BCUT2D eigenvalue weighted by Crippen LogP contribution is 2.41. The summed E-state index contributed by atoms with van der Waals surface area (Å²) in [6.45, 7) is 0. The average Bonchev–Trinajstić information content (AvgIpc) is 3.05. The van der Waals surface area contributed by atoms with Crippen LogP contribution in [0.15, 0.2) is 53.6 Å². The number of hydrogen-bond donors (Lipinski definition) is 2. The van der Waals surface area contributed by atoms with Crippen LogP contribution in [0.5, 0.6) is 0 Å². The number of carbonyl (C=O) groups is 1. The van der Waals surface area contributed by atoms with Gasteiger partial charge in [0.05, 0.1) is 5.71 Å². The molecular formula is C16H12FN3O. The minimum Gasteiger partial charge on any atom is -0.323 e. The molecule has 2 aliphatic heterocycles. The number of carbonyl (C=O) groups excluding carboxylic acids is 1. The molecule has 2 aromatic carbocycles. The number of hydrazone groups is 1. The Kier molecular flexibility index (Phi) is 2.39. The number of hydrogen-bond acceptors (Lipinski definition) is 3. The van der Waals surface area contributed by atoms with E-state index in [0.717, 1.165) is 22.5 Å². The van der Waals surface area contributed by atoms with Gasteiger partial charge in [0.25, 0.3) is 5.91 Å². The fourth-order valence-corrected chi connectivity index (χ4v) is 2.90. The molecule has 1 amide bonds. The molecule has 0 aliphatic carbocycles. The Hall–Kier alpha value is -2.69. The quantitative estimate of drug-likeness (QED) is 0.843. The lowest BCUT2D eigenvalue weighted by Gasteiger charge is -2.20. The van der Waals surface area contributed by atoms with Gasteiger partial charge in [-0.25, -0.2) is 4.39 Å². The largest absolute Gasteiger partial charge is 0.323 e. The topological polar surface area (TPSA) is 53.5 Å². The third kappa shape index (κ3) is 1.67. The molecule has 2 N–H and O–H groups in total. The van der Waals surface area contributed by atoms with E-state index in [4.69, 9.17) is 0 Å². The maximum absolute atomic E-state index is 13.0. The molecular weight excluding hydrogens is 269 g/mol. The molecule has 0 unspecified atom stereocenters. The highest BCUT2D eigenvalue weighted by atomic mass is 19.1. The van der Waals surface area contributed by atoms with Crippen LogP contribution in [0.25, 0.3) is 0 Å². The van der Waals surface area contributed by atoms with Gasteiger partial charge in [-0.3, -0.25) is 10.2 Å². The summed E-state index contributed by atoms with van der Waals surface area (Å²) in [5, 5.41) is 7.18. The molecule has 0 saturated carbocycles. The summed E-state index contributed by atoms with van der Waals surface area (Å²) in [6.07, 6.45) is 0.446. The summed E-state index contributed by atoms with van der Waals surface area (Å²) in [5.74, 6) is -0.395. The number of halogens is 1. The number of fused-ring (bicyclic) bond motifs is 2. The van der Waals surface area contributed by atoms with Crippen LogP contribution in [0.3, 0.4) is 0 Å². The van der Waals surface area contributed by atoms with Crippen LogP contribution >= 0.6 is 0 Å². The Morgan fingerprint density at radius 1 is 1.10 bits per heavy atom. The fraction of sp³-hybridized carbons (Fsp3) is 0.125. The Bertz CT molecular complexity index is 769. The van der Waals surface area contributed by atoms with Crippen molar-refractivity contribution in [1.29, 1.82) is 0 Å². The first kappa shape index (κ1) is 12.1. The van der Waals surface area contributed by atoms with Crippen LogP contribution in [0, 0.1) is 5.82 Å². The van der Waals surface area contributed by atoms with E-state index in [1.165, 1.54) is 12.1 Å². The normalized spacial score (nSPS) is 22.7. The highest BCUT2D eigenvalue weighted by Gasteiger charge is 2.50. The fourth-order valence-electron chi connectivity index (χ4n) is 2.90. The smallest absolute Gasteiger partial charge is 0.256 e. The van der Waals surface area contributed by atoms with Gasteiger partial charge in [-0.15, -0.1) is 0 Å². The third-order valence-corrected chi connectivity index (χ3v) is 4.01. The second-order valence-electron chi connectivity index (χ2n) is 5.26. The van der Waals surface area contributed by atoms with Crippen molar-refractivity contribution in [3.05, 3.63) is 65.5 Å². The van der Waals surface area contributed by atoms with E-state index in [1.54, 1.807) is 12.1 Å². The average molecular weight is 281 g/mol. The van der Waals surface area contributed by atoms with Gasteiger partial charge in [-0.05, 0) is 23.8 Å². The SMILES string of the molecule is O=C1Nc2ccccc2[C@@]12CC(c1ccc(F)cc1)=NN2. The Morgan fingerprint density at radius 2 is 1.86 bits per heavy atom. The van der Waals surface area contributed by atoms with E-state index in [-0.39, 0.29) is 11.7 Å². The Labute approximate surface area is 120 Å². The van der Waals surface area contributed by atoms with E-state index in [9.17, 15) is 9.18 Å². The first-order valence-electron chi connectivity index (χ1n) is 6.70. The second-order valence-corrected chi connectivity index (χ2v) is 5.26. The third-order valence-electron chi connectivity index (χ3n) is 4.01. The number of nitrogens with one attached hydrogen (secondary N) is 2. The number of amides is 1. The van der Waals surface area contributed by atoms with Crippen LogP contribution in [0.4, 0.5) is 10.1 Å². The summed E-state index contributed by atoms with van der Waals surface area (Å²) in [4.78, 5) is 12.4. The molecule has 2 aromatic rings. The van der Waals surface area contributed by atoms with Crippen molar-refractivity contribution < 1.29 is 9.18 Å². The van der Waals surface area contributed by atoms with Crippen LogP contribution < -0.4 is 10.7 Å². The molecule has 1 spiro atoms. The van der Waals surface area contributed by atoms with Crippen molar-refractivity contribution in [3.8, 4) is 0 Å². The van der Waals surface area contributed by atoms with Crippen molar-refractivity contribution in [2.24, 2.45) is 5.10 Å². The van der Waals surface area contributed by atoms with Gasteiger partial charge in [-0.1, -0.05) is 30.3 Å². The number of para-hydroxylation sites is 1. The monoisotopic (exact) mass is 281 g/mol. The number of anilines is 1. The first-order chi connectivity index (χ1) is 10.2. The van der Waals surface area contributed by atoms with Gasteiger partial charge in [0.2, 0.25) is 0 Å². The van der Waals surface area contributed by atoms with E-state index < -0.39 is 5.54 Å². The molecule has 0 aromatic heterocycles. The summed E-state index contributed by atoms with van der Waals surface area (Å²) >= 11 is 0. The van der Waals surface area contributed by atoms with Gasteiger partial charge in [-0.2, -0.15) is 5.10 Å². The zero-order valence-corrected chi connectivity index (χ0v) is 11.1. The van der Waals surface area contributed by atoms with Crippen molar-refractivity contribution >= 4 is 17.3 Å². The molecule has 0 fully saturated rings. The number of rotatable bonds is 1. The van der Waals surface area contributed by atoms with E-state index >= 15 is 0 Å². The maximum atomic E-state index is 13.0. The Morgan fingerprint density at radius 3 is 2.67 bits per heavy atom. The molecule has 0 radical (unpaired) electrons. The molecule has 1 atom stereocenters. The van der Waals surface area contributed by atoms with Gasteiger partial charge >= 0.3 is 0 Å². The summed E-state index contributed by atoms with van der Waals surface area (Å²) in [6, 6.07) is 13.7. The zero-order valence-electron chi connectivity index (χ0n) is 11.1. The van der Waals surface area contributed by atoms with Gasteiger partial charge in [0.15, 0.2) is 5.54 Å². The number of nitrogens with zero attached hydrogens (tertiary/aromatic N) is 1. The highest BCUT2D eigenvalue weighted by molar-refractivity contribution is 6.13. The van der Waals surface area contributed by atoms with Gasteiger partial charge in [0, 0.05) is 17.7 Å². The van der Waals surface area contributed by atoms with Crippen molar-refractivity contribution in [2.45, 2.75) is 12.0 Å². The van der Waals surface area contributed by atoms with E-state index in [0.29, 0.717) is 6.42 Å². The van der Waals surface area contributed by atoms with Gasteiger partial charge in [0.1, 0.15) is 5.82 Å². The van der Waals surface area contributed by atoms with Gasteiger partial charge < -0.3 is 5.32 Å². The first-order valence-corrected chi connectivity index (χ1v) is 6.70. The molecule has 4 rings (SSSR count). The molecule has 0 saturated heterocycles. The standard InChI is InChI=1S/C16H12FN3O/c17-11-7-5-10(6-8-11)14-9-16(20-19-14)12-3-1-2-4-13(12)18-15(16)21/h1-8,20H,9H2,(H,18,21)/t16-/m0/s1. The maximum Gasteiger partial charge on any atom is 0.256 e. The summed E-state index contributed by atoms with van der Waals surface area (Å²) in [7, 11) is 0. The molecule has 5 heteroatoms. The minimum atomic E-state index is -0.847. The van der Waals surface area contributed by atoms with Crippen molar-refractivity contribution in [1.82, 2.24) is 5.43 Å². The van der Waals surface area contributed by atoms with Crippen molar-refractivity contribution in [2.75, 3.05) is 5.32 Å². The second kappa shape index (κ2) is 4.15. The summed E-state index contributed by atoms with van der Waals surface area (Å²) < 4.78 is 13.0. The molecule has 2 aliphatic rings. The van der Waals surface area contributed by atoms with Crippen LogP contribution in [0.2, 0.25) is 0 Å². The molecule has 21 heavy (non-hydrogen) atoms. The van der Waals surface area contributed by atoms with Crippen molar-refractivity contribution in [3.63, 3.8) is 0 Å². The molecule has 104 valence electrons. The molecule has 2 heterocycles.